The van der Waals surface area contributed by atoms with Crippen LogP contribution in [0.3, 0.4) is 0 Å². The molecule has 0 fully saturated rings. The van der Waals surface area contributed by atoms with E-state index in [1.807, 2.05) is 48.5 Å². The molecular weight excluding hydrogens is 598 g/mol. The van der Waals surface area contributed by atoms with Crippen molar-refractivity contribution in [3.63, 3.8) is 0 Å². The van der Waals surface area contributed by atoms with Crippen molar-refractivity contribution < 1.29 is 38.1 Å². The van der Waals surface area contributed by atoms with Crippen molar-refractivity contribution in [2.24, 2.45) is 0 Å². The number of ether oxygens (including phenoxy) is 4. The number of rotatable bonds is 17. The predicted octanol–water partition coefficient (Wildman–Crippen LogP) is 6.96. The van der Waals surface area contributed by atoms with E-state index in [9.17, 15) is 19.2 Å². The number of nitrogens with zero attached hydrogens (tertiary/aromatic N) is 1. The Morgan fingerprint density at radius 3 is 1.36 bits per heavy atom. The minimum absolute atomic E-state index is 0.0981. The fourth-order valence-corrected chi connectivity index (χ4v) is 4.49. The second-order valence-corrected chi connectivity index (χ2v) is 10.9. The van der Waals surface area contributed by atoms with Gasteiger partial charge in [-0.05, 0) is 99.2 Å². The molecule has 0 saturated carbocycles. The van der Waals surface area contributed by atoms with E-state index in [-0.39, 0.29) is 50.4 Å². The third kappa shape index (κ3) is 11.3. The van der Waals surface area contributed by atoms with Gasteiger partial charge in [-0.3, -0.25) is 9.59 Å². The highest BCUT2D eigenvalue weighted by Crippen LogP contribution is 2.35. The monoisotopic (exact) mass is 641 g/mol. The molecule has 248 valence electrons. The largest absolute Gasteiger partial charge is 0.463 e. The molecule has 0 aliphatic carbocycles. The highest BCUT2D eigenvalue weighted by molar-refractivity contribution is 5.89. The lowest BCUT2D eigenvalue weighted by Crippen LogP contribution is -2.15. The molecule has 0 radical (unpaired) electrons. The average molecular weight is 642 g/mol. The molecule has 3 aromatic rings. The number of aryl methyl sites for hydroxylation is 4. The van der Waals surface area contributed by atoms with Crippen molar-refractivity contribution >= 4 is 40.9 Å². The van der Waals surface area contributed by atoms with E-state index in [0.717, 1.165) is 33.8 Å². The lowest BCUT2D eigenvalue weighted by Gasteiger charge is -2.26. The fraction of sp³-hybridized carbons (Fsp3) is 0.316. The Morgan fingerprint density at radius 1 is 0.574 bits per heavy atom. The third-order valence-electron chi connectivity index (χ3n) is 7.32. The van der Waals surface area contributed by atoms with Crippen LogP contribution < -0.4 is 4.90 Å². The Hall–Kier alpha value is -5.18. The summed E-state index contributed by atoms with van der Waals surface area (Å²) in [5.41, 5.74) is 7.33. The summed E-state index contributed by atoms with van der Waals surface area (Å²) in [6.45, 7) is 14.8. The molecule has 0 aliphatic heterocycles. The zero-order chi connectivity index (χ0) is 34.3. The van der Waals surface area contributed by atoms with Crippen LogP contribution in [0.15, 0.2) is 91.0 Å². The maximum atomic E-state index is 12.3. The van der Waals surface area contributed by atoms with Gasteiger partial charge in [-0.1, -0.05) is 43.5 Å². The van der Waals surface area contributed by atoms with E-state index < -0.39 is 23.9 Å². The van der Waals surface area contributed by atoms with Gasteiger partial charge in [-0.15, -0.1) is 0 Å². The molecule has 3 rings (SSSR count). The molecular formula is C38H43NO8. The number of carbonyl (C=O) groups is 4. The molecule has 0 aliphatic rings. The Labute approximate surface area is 276 Å². The normalized spacial score (nSPS) is 10.5. The molecule has 0 heterocycles. The van der Waals surface area contributed by atoms with Gasteiger partial charge in [0.1, 0.15) is 13.2 Å². The summed E-state index contributed by atoms with van der Waals surface area (Å²) >= 11 is 0. The summed E-state index contributed by atoms with van der Waals surface area (Å²) < 4.78 is 20.1. The lowest BCUT2D eigenvalue weighted by molar-refractivity contribution is -0.146. The summed E-state index contributed by atoms with van der Waals surface area (Å²) in [6, 6.07) is 22.2. The van der Waals surface area contributed by atoms with E-state index >= 15 is 0 Å². The van der Waals surface area contributed by atoms with Gasteiger partial charge in [0.15, 0.2) is 0 Å². The second kappa shape index (κ2) is 18.1. The van der Waals surface area contributed by atoms with Crippen molar-refractivity contribution in [1.82, 2.24) is 0 Å². The van der Waals surface area contributed by atoms with Crippen LogP contribution in [-0.2, 0) is 51.0 Å². The van der Waals surface area contributed by atoms with E-state index in [1.54, 1.807) is 13.8 Å². The fourth-order valence-electron chi connectivity index (χ4n) is 4.49. The van der Waals surface area contributed by atoms with Gasteiger partial charge >= 0.3 is 23.9 Å². The molecule has 3 aromatic carbocycles. The van der Waals surface area contributed by atoms with Crippen LogP contribution in [0.2, 0.25) is 0 Å². The third-order valence-corrected chi connectivity index (χ3v) is 7.32. The minimum Gasteiger partial charge on any atom is -0.463 e. The minimum atomic E-state index is -0.574. The van der Waals surface area contributed by atoms with E-state index in [1.165, 1.54) is 5.56 Å². The summed E-state index contributed by atoms with van der Waals surface area (Å²) in [4.78, 5) is 50.0. The number of anilines is 3. The number of hydrogen-bond donors (Lipinski definition) is 0. The van der Waals surface area contributed by atoms with E-state index in [0.29, 0.717) is 12.8 Å². The molecule has 0 bridgehead atoms. The van der Waals surface area contributed by atoms with Crippen LogP contribution in [-0.4, -0.2) is 50.3 Å². The van der Waals surface area contributed by atoms with Crippen molar-refractivity contribution in [3.05, 3.63) is 113 Å². The van der Waals surface area contributed by atoms with Gasteiger partial charge in [-0.2, -0.15) is 0 Å². The van der Waals surface area contributed by atoms with Crippen LogP contribution in [0.1, 0.15) is 48.9 Å². The maximum Gasteiger partial charge on any atom is 0.336 e. The molecule has 9 heteroatoms. The molecule has 0 aromatic heterocycles. The number of esters is 4. The van der Waals surface area contributed by atoms with Crippen LogP contribution >= 0.6 is 0 Å². The maximum absolute atomic E-state index is 12.3. The van der Waals surface area contributed by atoms with Crippen molar-refractivity contribution in [1.29, 1.82) is 0 Å². The van der Waals surface area contributed by atoms with Crippen molar-refractivity contribution in [2.75, 3.05) is 31.3 Å². The van der Waals surface area contributed by atoms with Gasteiger partial charge in [0.25, 0.3) is 0 Å². The summed E-state index contributed by atoms with van der Waals surface area (Å²) in [5.74, 6) is -2.00. The first-order valence-corrected chi connectivity index (χ1v) is 15.6. The number of hydrogen-bond acceptors (Lipinski definition) is 9. The molecule has 0 saturated heterocycles. The SMILES string of the molecule is C=C(COC(=O)CCc1ccc(N(c2ccc(CCC(=O)OCC(=C)C(=O)OCC)cc2)c2ccc(C)c(C)c2)cc1)C(=O)OCC. The number of carbonyl (C=O) groups excluding carboxylic acids is 4. The van der Waals surface area contributed by atoms with Gasteiger partial charge in [-0.25, -0.2) is 9.59 Å². The molecule has 0 unspecified atom stereocenters. The van der Waals surface area contributed by atoms with E-state index in [4.69, 9.17) is 18.9 Å². The quantitative estimate of drug-likeness (QED) is 0.0878. The van der Waals surface area contributed by atoms with Gasteiger partial charge in [0.05, 0.1) is 24.4 Å². The summed E-state index contributed by atoms with van der Waals surface area (Å²) in [5, 5.41) is 0. The highest BCUT2D eigenvalue weighted by atomic mass is 16.6. The Kier molecular flexibility index (Phi) is 14.0. The first-order valence-electron chi connectivity index (χ1n) is 15.6. The Balaban J connectivity index is 1.66. The average Bonchev–Trinajstić information content (AvgIpc) is 3.07. The smallest absolute Gasteiger partial charge is 0.336 e. The molecule has 9 nitrogen and oxygen atoms in total. The van der Waals surface area contributed by atoms with Gasteiger partial charge in [0, 0.05) is 29.9 Å². The Morgan fingerprint density at radius 2 is 0.979 bits per heavy atom. The van der Waals surface area contributed by atoms with E-state index in [2.05, 4.69) is 50.1 Å². The first kappa shape index (κ1) is 36.3. The zero-order valence-electron chi connectivity index (χ0n) is 27.6. The first-order chi connectivity index (χ1) is 22.5. The topological polar surface area (TPSA) is 108 Å². The van der Waals surface area contributed by atoms with Crippen LogP contribution in [0.25, 0.3) is 0 Å². The standard InChI is InChI=1S/C38H43NO8/c1-7-44-37(42)28(5)24-46-35(40)21-14-30-10-17-32(18-11-30)39(34-16-9-26(3)27(4)23-34)33-19-12-31(13-20-33)15-22-36(41)47-25-29(6)38(43)45-8-2/h9-13,16-20,23H,5-8,14-15,21-22,24-25H2,1-4H3. The molecule has 47 heavy (non-hydrogen) atoms. The van der Waals surface area contributed by atoms with Gasteiger partial charge in [0.2, 0.25) is 0 Å². The predicted molar refractivity (Wildman–Crippen MR) is 181 cm³/mol. The molecule has 0 spiro atoms. The van der Waals surface area contributed by atoms with Gasteiger partial charge < -0.3 is 23.8 Å². The lowest BCUT2D eigenvalue weighted by atomic mass is 10.0. The van der Waals surface area contributed by atoms with Crippen LogP contribution in [0.5, 0.6) is 0 Å². The summed E-state index contributed by atoms with van der Waals surface area (Å²) in [6.07, 6.45) is 1.27. The van der Waals surface area contributed by atoms with Crippen LogP contribution in [0, 0.1) is 13.8 Å². The number of benzene rings is 3. The molecule has 0 amide bonds. The second-order valence-electron chi connectivity index (χ2n) is 10.9. The van der Waals surface area contributed by atoms with Crippen molar-refractivity contribution in [3.8, 4) is 0 Å². The van der Waals surface area contributed by atoms with Crippen molar-refractivity contribution in [2.45, 2.75) is 53.4 Å². The highest BCUT2D eigenvalue weighted by Gasteiger charge is 2.16. The Bertz CT molecular complexity index is 1480. The summed E-state index contributed by atoms with van der Waals surface area (Å²) in [7, 11) is 0. The molecule has 0 atom stereocenters. The molecule has 0 N–H and O–H groups in total. The zero-order valence-corrected chi connectivity index (χ0v) is 27.6. The van der Waals surface area contributed by atoms with Crippen LogP contribution in [0.4, 0.5) is 17.1 Å².